The highest BCUT2D eigenvalue weighted by atomic mass is 19.4. The summed E-state index contributed by atoms with van der Waals surface area (Å²) < 4.78 is 39.8. The van der Waals surface area contributed by atoms with Crippen molar-refractivity contribution in [2.24, 2.45) is 0 Å². The van der Waals surface area contributed by atoms with Gasteiger partial charge in [-0.3, -0.25) is 9.78 Å². The maximum atomic E-state index is 11.8. The zero-order chi connectivity index (χ0) is 15.0. The summed E-state index contributed by atoms with van der Waals surface area (Å²) in [7, 11) is 0. The summed E-state index contributed by atoms with van der Waals surface area (Å²) in [5, 5.41) is 5.46. The van der Waals surface area contributed by atoms with E-state index >= 15 is 0 Å². The predicted molar refractivity (Wildman–Crippen MR) is 67.6 cm³/mol. The van der Waals surface area contributed by atoms with Crippen LogP contribution in [0.4, 0.5) is 18.9 Å². The van der Waals surface area contributed by atoms with Gasteiger partial charge >= 0.3 is 6.18 Å². The van der Waals surface area contributed by atoms with Crippen LogP contribution in [0.25, 0.3) is 0 Å². The quantitative estimate of drug-likeness (QED) is 0.752. The van der Waals surface area contributed by atoms with Crippen LogP contribution in [-0.4, -0.2) is 43.4 Å². The minimum absolute atomic E-state index is 0.00278. The fraction of sp³-hybridized carbons (Fsp3) is 0.500. The van der Waals surface area contributed by atoms with Gasteiger partial charge in [-0.2, -0.15) is 13.2 Å². The lowest BCUT2D eigenvalue weighted by Gasteiger charge is -2.11. The number of carbonyl (C=O) groups is 1. The Morgan fingerprint density at radius 2 is 2.20 bits per heavy atom. The fourth-order valence-electron chi connectivity index (χ4n) is 1.44. The van der Waals surface area contributed by atoms with E-state index in [9.17, 15) is 18.0 Å². The third kappa shape index (κ3) is 5.87. The Morgan fingerprint density at radius 1 is 1.45 bits per heavy atom. The van der Waals surface area contributed by atoms with Gasteiger partial charge in [0.1, 0.15) is 6.61 Å². The second kappa shape index (κ2) is 7.68. The van der Waals surface area contributed by atoms with E-state index in [1.807, 2.05) is 6.92 Å². The number of hydrogen-bond donors (Lipinski definition) is 2. The van der Waals surface area contributed by atoms with Crippen molar-refractivity contribution in [3.63, 3.8) is 0 Å². The molecule has 0 aromatic carbocycles. The maximum Gasteiger partial charge on any atom is 0.411 e. The molecule has 1 heterocycles. The molecule has 2 N–H and O–H groups in total. The van der Waals surface area contributed by atoms with Crippen LogP contribution >= 0.6 is 0 Å². The van der Waals surface area contributed by atoms with Crippen molar-refractivity contribution in [1.82, 2.24) is 10.3 Å². The number of hydrogen-bond acceptors (Lipinski definition) is 4. The Balaban J connectivity index is 2.40. The number of ether oxygens (including phenoxy) is 1. The van der Waals surface area contributed by atoms with Crippen LogP contribution in [0.1, 0.15) is 17.3 Å². The minimum Gasteiger partial charge on any atom is -0.383 e. The van der Waals surface area contributed by atoms with Gasteiger partial charge in [-0.15, -0.1) is 0 Å². The van der Waals surface area contributed by atoms with Crippen LogP contribution in [0, 0.1) is 0 Å². The summed E-state index contributed by atoms with van der Waals surface area (Å²) in [6.07, 6.45) is -1.37. The molecule has 0 atom stereocenters. The predicted octanol–water partition coefficient (Wildman–Crippen LogP) is 1.82. The van der Waals surface area contributed by atoms with Crippen LogP contribution in [0.3, 0.4) is 0 Å². The van der Waals surface area contributed by atoms with E-state index in [4.69, 9.17) is 0 Å². The molecule has 20 heavy (non-hydrogen) atoms. The van der Waals surface area contributed by atoms with Gasteiger partial charge < -0.3 is 15.4 Å². The number of anilines is 1. The number of alkyl halides is 3. The molecule has 0 spiro atoms. The molecule has 1 aromatic rings. The number of rotatable bonds is 7. The molecular weight excluding hydrogens is 275 g/mol. The van der Waals surface area contributed by atoms with Crippen molar-refractivity contribution < 1.29 is 22.7 Å². The third-order valence-electron chi connectivity index (χ3n) is 2.23. The lowest BCUT2D eigenvalue weighted by Crippen LogP contribution is -2.29. The molecule has 8 heteroatoms. The van der Waals surface area contributed by atoms with Crippen molar-refractivity contribution in [2.75, 3.05) is 31.6 Å². The van der Waals surface area contributed by atoms with E-state index in [-0.39, 0.29) is 19.1 Å². The monoisotopic (exact) mass is 291 g/mol. The highest BCUT2D eigenvalue weighted by molar-refractivity contribution is 5.99. The van der Waals surface area contributed by atoms with Crippen molar-refractivity contribution in [1.29, 1.82) is 0 Å². The van der Waals surface area contributed by atoms with Crippen LogP contribution in [0.15, 0.2) is 18.5 Å². The molecule has 1 rings (SSSR count). The number of carbonyl (C=O) groups excluding carboxylic acids is 1. The number of nitrogens with one attached hydrogen (secondary N) is 2. The van der Waals surface area contributed by atoms with Gasteiger partial charge in [-0.25, -0.2) is 0 Å². The first-order chi connectivity index (χ1) is 9.44. The van der Waals surface area contributed by atoms with Crippen molar-refractivity contribution in [2.45, 2.75) is 13.1 Å². The van der Waals surface area contributed by atoms with Gasteiger partial charge in [-0.05, 0) is 13.0 Å². The average Bonchev–Trinajstić information content (AvgIpc) is 2.38. The highest BCUT2D eigenvalue weighted by Gasteiger charge is 2.27. The van der Waals surface area contributed by atoms with Crippen molar-refractivity contribution in [3.8, 4) is 0 Å². The molecule has 1 aromatic heterocycles. The number of nitrogens with zero attached hydrogens (tertiary/aromatic N) is 1. The molecule has 0 bridgehead atoms. The summed E-state index contributed by atoms with van der Waals surface area (Å²) in [5.41, 5.74) is 0.960. The molecule has 0 aliphatic heterocycles. The zero-order valence-electron chi connectivity index (χ0n) is 11.0. The van der Waals surface area contributed by atoms with E-state index in [2.05, 4.69) is 20.4 Å². The fourth-order valence-corrected chi connectivity index (χ4v) is 1.44. The summed E-state index contributed by atoms with van der Waals surface area (Å²) in [6.45, 7) is 0.983. The number of pyridine rings is 1. The standard InChI is InChI=1S/C12H16F3N3O2/c1-2-17-10-7-16-4-3-9(10)11(19)18-5-6-20-8-12(13,14)15/h3-4,7,17H,2,5-6,8H2,1H3,(H,18,19). The molecule has 112 valence electrons. The van der Waals surface area contributed by atoms with Crippen LogP contribution in [-0.2, 0) is 4.74 Å². The Hall–Kier alpha value is -1.83. The zero-order valence-corrected chi connectivity index (χ0v) is 11.0. The molecule has 5 nitrogen and oxygen atoms in total. The molecule has 1 amide bonds. The molecule has 0 aliphatic carbocycles. The Kier molecular flexibility index (Phi) is 6.23. The Bertz CT molecular complexity index is 438. The summed E-state index contributed by atoms with van der Waals surface area (Å²) in [4.78, 5) is 15.7. The van der Waals surface area contributed by atoms with Gasteiger partial charge in [0.05, 0.1) is 24.1 Å². The first-order valence-corrected chi connectivity index (χ1v) is 6.04. The number of halogens is 3. The SMILES string of the molecule is CCNc1cnccc1C(=O)NCCOCC(F)(F)F. The Morgan fingerprint density at radius 3 is 2.85 bits per heavy atom. The van der Waals surface area contributed by atoms with Gasteiger partial charge in [0.2, 0.25) is 0 Å². The smallest absolute Gasteiger partial charge is 0.383 e. The Labute approximate surface area is 114 Å². The second-order valence-corrected chi connectivity index (χ2v) is 3.88. The largest absolute Gasteiger partial charge is 0.411 e. The molecular formula is C12H16F3N3O2. The third-order valence-corrected chi connectivity index (χ3v) is 2.23. The van der Waals surface area contributed by atoms with Gasteiger partial charge in [0.25, 0.3) is 5.91 Å². The molecule has 0 saturated heterocycles. The van der Waals surface area contributed by atoms with Gasteiger partial charge in [-0.1, -0.05) is 0 Å². The summed E-state index contributed by atoms with van der Waals surface area (Å²) >= 11 is 0. The lowest BCUT2D eigenvalue weighted by molar-refractivity contribution is -0.173. The van der Waals surface area contributed by atoms with Gasteiger partial charge in [0, 0.05) is 19.3 Å². The van der Waals surface area contributed by atoms with Crippen LogP contribution < -0.4 is 10.6 Å². The summed E-state index contributed by atoms with van der Waals surface area (Å²) in [6, 6.07) is 1.53. The minimum atomic E-state index is -4.35. The van der Waals surface area contributed by atoms with Crippen molar-refractivity contribution in [3.05, 3.63) is 24.0 Å². The first-order valence-electron chi connectivity index (χ1n) is 6.04. The normalized spacial score (nSPS) is 11.2. The second-order valence-electron chi connectivity index (χ2n) is 3.88. The highest BCUT2D eigenvalue weighted by Crippen LogP contribution is 2.14. The van der Waals surface area contributed by atoms with Crippen LogP contribution in [0.5, 0.6) is 0 Å². The molecule has 0 fully saturated rings. The number of aromatic nitrogens is 1. The number of amides is 1. The van der Waals surface area contributed by atoms with E-state index in [1.165, 1.54) is 18.5 Å². The first kappa shape index (κ1) is 16.2. The van der Waals surface area contributed by atoms with E-state index in [0.717, 1.165) is 0 Å². The van der Waals surface area contributed by atoms with E-state index in [0.29, 0.717) is 17.8 Å². The summed E-state index contributed by atoms with van der Waals surface area (Å²) in [5.74, 6) is -0.390. The molecule has 0 radical (unpaired) electrons. The van der Waals surface area contributed by atoms with E-state index < -0.39 is 12.8 Å². The topological polar surface area (TPSA) is 63.2 Å². The molecule has 0 saturated carbocycles. The molecule has 0 unspecified atom stereocenters. The average molecular weight is 291 g/mol. The van der Waals surface area contributed by atoms with Crippen molar-refractivity contribution >= 4 is 11.6 Å². The van der Waals surface area contributed by atoms with Gasteiger partial charge in [0.15, 0.2) is 0 Å². The van der Waals surface area contributed by atoms with Crippen LogP contribution in [0.2, 0.25) is 0 Å². The van der Waals surface area contributed by atoms with E-state index in [1.54, 1.807) is 0 Å². The lowest BCUT2D eigenvalue weighted by atomic mass is 10.2. The molecule has 0 aliphatic rings. The maximum absolute atomic E-state index is 11.8.